The molecule has 0 saturated heterocycles. The van der Waals surface area contributed by atoms with Crippen LogP contribution in [-0.4, -0.2) is 56.5 Å². The van der Waals surface area contributed by atoms with Gasteiger partial charge in [0.2, 0.25) is 5.91 Å². The quantitative estimate of drug-likeness (QED) is 0.141. The van der Waals surface area contributed by atoms with Gasteiger partial charge in [0.25, 0.3) is 21.5 Å². The monoisotopic (exact) mass is 795 g/mol. The summed E-state index contributed by atoms with van der Waals surface area (Å²) >= 11 is 0. The van der Waals surface area contributed by atoms with Crippen LogP contribution in [0.15, 0.2) is 118 Å². The highest BCUT2D eigenvalue weighted by Gasteiger charge is 2.51. The van der Waals surface area contributed by atoms with E-state index in [1.54, 1.807) is 0 Å². The lowest BCUT2D eigenvalue weighted by molar-refractivity contribution is -0.139. The molecule has 1 aliphatic rings. The summed E-state index contributed by atoms with van der Waals surface area (Å²) in [6, 6.07) is 17.7. The second kappa shape index (κ2) is 14.9. The van der Waals surface area contributed by atoms with Crippen molar-refractivity contribution in [3.63, 3.8) is 0 Å². The summed E-state index contributed by atoms with van der Waals surface area (Å²) in [5.41, 5.74) is -1.99. The Kier molecular flexibility index (Phi) is 9.97. The number of sulfonamides is 1. The molecule has 6 aromatic rings. The second-order valence-electron chi connectivity index (χ2n) is 13.3. The van der Waals surface area contributed by atoms with Crippen LogP contribution < -0.4 is 26.6 Å². The first-order valence-corrected chi connectivity index (χ1v) is 18.7. The van der Waals surface area contributed by atoms with Crippen LogP contribution in [0.5, 0.6) is 0 Å². The molecule has 1 saturated carbocycles. The SMILES string of the molecule is Cn1c(=O)n(-c2ccc(C[C@H](NC(=O)c3cc(F)c(NS(=O)(=O)c4ccc(NC(=O)C5(c6ccccc6)CC5)cc4)cc3F)C(=O)O)cn2)c(=O)c2ccncc21. The predicted molar refractivity (Wildman–Crippen MR) is 203 cm³/mol. The van der Waals surface area contributed by atoms with Crippen LogP contribution in [0.3, 0.4) is 0 Å². The Morgan fingerprint density at radius 2 is 1.65 bits per heavy atom. The van der Waals surface area contributed by atoms with Crippen LogP contribution in [0, 0.1) is 11.6 Å². The molecule has 3 aromatic carbocycles. The molecule has 18 heteroatoms. The van der Waals surface area contributed by atoms with Gasteiger partial charge in [-0.15, -0.1) is 0 Å². The number of nitrogens with one attached hydrogen (secondary N) is 3. The Labute approximate surface area is 321 Å². The number of halogens is 2. The van der Waals surface area contributed by atoms with E-state index >= 15 is 8.78 Å². The van der Waals surface area contributed by atoms with E-state index in [-0.39, 0.29) is 34.0 Å². The maximum Gasteiger partial charge on any atom is 0.337 e. The van der Waals surface area contributed by atoms with Crippen LogP contribution in [0.1, 0.15) is 34.3 Å². The molecule has 7 rings (SSSR count). The van der Waals surface area contributed by atoms with E-state index in [0.717, 1.165) is 10.1 Å². The molecule has 290 valence electrons. The zero-order valence-electron chi connectivity index (χ0n) is 29.8. The number of carbonyl (C=O) groups is 3. The zero-order chi connectivity index (χ0) is 40.6. The average Bonchev–Trinajstić information content (AvgIpc) is 4.02. The largest absolute Gasteiger partial charge is 0.480 e. The molecule has 0 radical (unpaired) electrons. The van der Waals surface area contributed by atoms with E-state index in [1.165, 1.54) is 72.7 Å². The minimum absolute atomic E-state index is 0.0568. The smallest absolute Gasteiger partial charge is 0.337 e. The van der Waals surface area contributed by atoms with Crippen LogP contribution in [-0.2, 0) is 38.5 Å². The molecule has 0 aliphatic heterocycles. The van der Waals surface area contributed by atoms with Gasteiger partial charge in [-0.25, -0.2) is 36.3 Å². The van der Waals surface area contributed by atoms with Gasteiger partial charge in [0.1, 0.15) is 23.5 Å². The van der Waals surface area contributed by atoms with Crippen molar-refractivity contribution >= 4 is 50.1 Å². The summed E-state index contributed by atoms with van der Waals surface area (Å²) in [5.74, 6) is -5.82. The number of hydrogen-bond acceptors (Lipinski definition) is 9. The minimum atomic E-state index is -4.49. The lowest BCUT2D eigenvalue weighted by atomic mass is 9.95. The Balaban J connectivity index is 1.01. The summed E-state index contributed by atoms with van der Waals surface area (Å²) in [5, 5.41) is 14.9. The highest BCUT2D eigenvalue weighted by molar-refractivity contribution is 7.92. The summed E-state index contributed by atoms with van der Waals surface area (Å²) < 4.78 is 60.6. The number of carboxylic acid groups (broad SMARTS) is 1. The number of amides is 2. The molecule has 3 aromatic heterocycles. The number of hydrogen-bond donors (Lipinski definition) is 4. The minimum Gasteiger partial charge on any atom is -0.480 e. The van der Waals surface area contributed by atoms with E-state index in [2.05, 4.69) is 20.6 Å². The Hall–Kier alpha value is -7.08. The number of pyridine rings is 2. The number of aromatic nitrogens is 4. The molecule has 57 heavy (non-hydrogen) atoms. The van der Waals surface area contributed by atoms with Crippen molar-refractivity contribution in [3.05, 3.63) is 153 Å². The van der Waals surface area contributed by atoms with E-state index in [9.17, 15) is 37.5 Å². The fourth-order valence-electron chi connectivity index (χ4n) is 6.34. The van der Waals surface area contributed by atoms with Gasteiger partial charge in [0.05, 0.1) is 38.7 Å². The van der Waals surface area contributed by atoms with Crippen molar-refractivity contribution in [2.24, 2.45) is 7.05 Å². The van der Waals surface area contributed by atoms with Crippen molar-refractivity contribution in [3.8, 4) is 5.82 Å². The first kappa shape index (κ1) is 38.2. The number of aryl methyl sites for hydroxylation is 1. The fourth-order valence-corrected chi connectivity index (χ4v) is 7.40. The van der Waals surface area contributed by atoms with Crippen LogP contribution >= 0.6 is 0 Å². The molecule has 0 spiro atoms. The lowest BCUT2D eigenvalue weighted by Crippen LogP contribution is -2.42. The third-order valence-corrected chi connectivity index (χ3v) is 11.0. The number of carbonyl (C=O) groups excluding carboxylic acids is 2. The molecular formula is C39H31F2N7O8S. The summed E-state index contributed by atoms with van der Waals surface area (Å²) in [6.45, 7) is 0. The molecule has 3 heterocycles. The molecule has 1 aliphatic carbocycles. The van der Waals surface area contributed by atoms with Crippen molar-refractivity contribution < 1.29 is 36.7 Å². The molecule has 0 bridgehead atoms. The van der Waals surface area contributed by atoms with Crippen LogP contribution in [0.4, 0.5) is 20.2 Å². The number of nitrogens with zero attached hydrogens (tertiary/aromatic N) is 4. The first-order valence-electron chi connectivity index (χ1n) is 17.2. The number of anilines is 2. The highest BCUT2D eigenvalue weighted by Crippen LogP contribution is 2.49. The summed E-state index contributed by atoms with van der Waals surface area (Å²) in [4.78, 5) is 71.9. The van der Waals surface area contributed by atoms with E-state index in [0.29, 0.717) is 36.2 Å². The van der Waals surface area contributed by atoms with Crippen molar-refractivity contribution in [2.75, 3.05) is 10.0 Å². The molecule has 1 fully saturated rings. The van der Waals surface area contributed by atoms with E-state index in [1.807, 2.05) is 35.1 Å². The van der Waals surface area contributed by atoms with Gasteiger partial charge in [-0.05, 0) is 66.4 Å². The topological polar surface area (TPSA) is 211 Å². The Morgan fingerprint density at radius 1 is 0.930 bits per heavy atom. The van der Waals surface area contributed by atoms with Gasteiger partial charge < -0.3 is 15.7 Å². The molecule has 1 atom stereocenters. The predicted octanol–water partition coefficient (Wildman–Crippen LogP) is 3.65. The first-order chi connectivity index (χ1) is 27.2. The van der Waals surface area contributed by atoms with E-state index in [4.69, 9.17) is 0 Å². The third kappa shape index (κ3) is 7.49. The molecule has 2 amide bonds. The molecule has 0 unspecified atom stereocenters. The normalized spacial score (nSPS) is 13.7. The number of aliphatic carboxylic acids is 1. The molecule has 15 nitrogen and oxygen atoms in total. The third-order valence-electron chi connectivity index (χ3n) is 9.63. The number of rotatable bonds is 12. The van der Waals surface area contributed by atoms with Crippen LogP contribution in [0.2, 0.25) is 0 Å². The number of benzene rings is 3. The summed E-state index contributed by atoms with van der Waals surface area (Å²) in [6.07, 6.45) is 4.90. The molecular weight excluding hydrogens is 765 g/mol. The number of fused-ring (bicyclic) bond motifs is 1. The van der Waals surface area contributed by atoms with Crippen LogP contribution in [0.25, 0.3) is 16.7 Å². The zero-order valence-corrected chi connectivity index (χ0v) is 30.6. The van der Waals surface area contributed by atoms with Gasteiger partial charge in [0.15, 0.2) is 0 Å². The van der Waals surface area contributed by atoms with E-state index < -0.39 is 67.5 Å². The lowest BCUT2D eigenvalue weighted by Gasteiger charge is -2.17. The Bertz CT molecular complexity index is 2810. The van der Waals surface area contributed by atoms with Crippen molar-refractivity contribution in [2.45, 2.75) is 35.6 Å². The summed E-state index contributed by atoms with van der Waals surface area (Å²) in [7, 11) is -3.03. The highest BCUT2D eigenvalue weighted by atomic mass is 32.2. The van der Waals surface area contributed by atoms with Gasteiger partial charge in [-0.1, -0.05) is 36.4 Å². The molecule has 4 N–H and O–H groups in total. The standard InChI is InChI=1S/C39H31F2N7O8S/c1-47-32-21-42-16-13-26(32)35(50)48(38(47)54)33-12-7-22(20-43-33)17-31(36(51)52)45-34(49)27-18-29(41)30(19-28(27)40)46-57(55,56)25-10-8-24(9-11-25)44-37(53)39(14-15-39)23-5-3-2-4-6-23/h2-13,16,18-21,31,46H,14-15,17H2,1H3,(H,44,53)(H,45,49)(H,51,52)/t31-/m0/s1. The maximum absolute atomic E-state index is 15.2. The fraction of sp³-hybridized carbons (Fsp3) is 0.154. The van der Waals surface area contributed by atoms with Crippen molar-refractivity contribution in [1.29, 1.82) is 0 Å². The van der Waals surface area contributed by atoms with Crippen molar-refractivity contribution in [1.82, 2.24) is 24.4 Å². The van der Waals surface area contributed by atoms with Gasteiger partial charge >= 0.3 is 11.7 Å². The van der Waals surface area contributed by atoms with Gasteiger partial charge in [-0.2, -0.15) is 0 Å². The van der Waals surface area contributed by atoms with Gasteiger partial charge in [-0.3, -0.25) is 28.7 Å². The van der Waals surface area contributed by atoms with Gasteiger partial charge in [0, 0.05) is 37.6 Å². The average molecular weight is 796 g/mol. The maximum atomic E-state index is 15.2. The number of carboxylic acids is 1. The second-order valence-corrected chi connectivity index (χ2v) is 15.0. The Morgan fingerprint density at radius 3 is 2.30 bits per heavy atom.